The number of nitrogens with zero attached hydrogens (tertiary/aromatic N) is 1. The molecule has 0 aliphatic carbocycles. The Morgan fingerprint density at radius 3 is 3.06 bits per heavy atom. The molecule has 0 saturated carbocycles. The van der Waals surface area contributed by atoms with Crippen molar-refractivity contribution in [2.75, 3.05) is 25.5 Å². The van der Waals surface area contributed by atoms with E-state index in [1.807, 2.05) is 12.1 Å². The van der Waals surface area contributed by atoms with Gasteiger partial charge in [-0.05, 0) is 24.1 Å². The Morgan fingerprint density at radius 2 is 2.35 bits per heavy atom. The Kier molecular flexibility index (Phi) is 4.42. The van der Waals surface area contributed by atoms with Crippen LogP contribution >= 0.6 is 15.9 Å². The lowest BCUT2D eigenvalue weighted by Crippen LogP contribution is -2.44. The number of nitrogen functional groups attached to an aromatic ring is 1. The molecule has 0 aromatic heterocycles. The summed E-state index contributed by atoms with van der Waals surface area (Å²) in [5.74, 6) is 0. The molecule has 0 radical (unpaired) electrons. The van der Waals surface area contributed by atoms with Crippen LogP contribution < -0.4 is 5.73 Å². The van der Waals surface area contributed by atoms with E-state index >= 15 is 0 Å². The molecule has 1 aliphatic heterocycles. The van der Waals surface area contributed by atoms with E-state index in [1.165, 1.54) is 5.56 Å². The molecule has 17 heavy (non-hydrogen) atoms. The lowest BCUT2D eigenvalue weighted by molar-refractivity contribution is -0.0126. The van der Waals surface area contributed by atoms with E-state index in [0.717, 1.165) is 42.9 Å². The zero-order valence-electron chi connectivity index (χ0n) is 10.2. The number of rotatable bonds is 3. The van der Waals surface area contributed by atoms with Crippen molar-refractivity contribution in [2.45, 2.75) is 25.9 Å². The largest absolute Gasteiger partial charge is 0.398 e. The van der Waals surface area contributed by atoms with Crippen molar-refractivity contribution in [1.82, 2.24) is 4.90 Å². The molecule has 94 valence electrons. The topological polar surface area (TPSA) is 38.5 Å². The third-order valence-corrected chi connectivity index (χ3v) is 3.80. The molecule has 0 spiro atoms. The second-order valence-electron chi connectivity index (χ2n) is 4.45. The number of halogens is 1. The molecular formula is C13H19BrN2O. The van der Waals surface area contributed by atoms with E-state index in [0.29, 0.717) is 6.04 Å². The Labute approximate surface area is 111 Å². The molecule has 1 unspecified atom stereocenters. The monoisotopic (exact) mass is 298 g/mol. The highest BCUT2D eigenvalue weighted by atomic mass is 79.9. The number of benzene rings is 1. The number of hydrogen-bond acceptors (Lipinski definition) is 3. The average Bonchev–Trinajstić information content (AvgIpc) is 2.33. The molecule has 1 atom stereocenters. The molecule has 1 fully saturated rings. The first kappa shape index (κ1) is 12.9. The average molecular weight is 299 g/mol. The summed E-state index contributed by atoms with van der Waals surface area (Å²) in [5.41, 5.74) is 8.10. The number of nitrogens with two attached hydrogens (primary N) is 1. The van der Waals surface area contributed by atoms with Gasteiger partial charge in [0.15, 0.2) is 0 Å². The Hall–Kier alpha value is -0.580. The fraction of sp³-hybridized carbons (Fsp3) is 0.538. The Balaban J connectivity index is 2.08. The van der Waals surface area contributed by atoms with Crippen molar-refractivity contribution >= 4 is 21.6 Å². The van der Waals surface area contributed by atoms with Crippen molar-refractivity contribution in [3.05, 3.63) is 28.2 Å². The summed E-state index contributed by atoms with van der Waals surface area (Å²) in [6.07, 6.45) is 1.12. The van der Waals surface area contributed by atoms with E-state index in [2.05, 4.69) is 33.8 Å². The maximum atomic E-state index is 6.04. The highest BCUT2D eigenvalue weighted by Gasteiger charge is 2.21. The lowest BCUT2D eigenvalue weighted by Gasteiger charge is -2.35. The van der Waals surface area contributed by atoms with Crippen molar-refractivity contribution in [1.29, 1.82) is 0 Å². The first-order valence-electron chi connectivity index (χ1n) is 6.06. The van der Waals surface area contributed by atoms with Crippen LogP contribution in [-0.2, 0) is 11.3 Å². The summed E-state index contributed by atoms with van der Waals surface area (Å²) in [4.78, 5) is 2.46. The van der Waals surface area contributed by atoms with Gasteiger partial charge < -0.3 is 10.5 Å². The minimum atomic E-state index is 0.520. The van der Waals surface area contributed by atoms with Gasteiger partial charge in [-0.1, -0.05) is 28.9 Å². The van der Waals surface area contributed by atoms with Gasteiger partial charge in [0, 0.05) is 29.3 Å². The summed E-state index contributed by atoms with van der Waals surface area (Å²) in [6, 6.07) is 6.64. The summed E-state index contributed by atoms with van der Waals surface area (Å²) < 4.78 is 6.54. The summed E-state index contributed by atoms with van der Waals surface area (Å²) in [6.45, 7) is 5.78. The van der Waals surface area contributed by atoms with Crippen LogP contribution in [-0.4, -0.2) is 30.7 Å². The van der Waals surface area contributed by atoms with Crippen LogP contribution in [0.2, 0.25) is 0 Å². The maximum Gasteiger partial charge on any atom is 0.0622 e. The standard InChI is InChI=1S/C13H19BrN2O/c1-2-12-9-17-6-5-16(12)8-10-3-4-11(14)7-13(10)15/h3-4,7,12H,2,5-6,8-9,15H2,1H3. The zero-order valence-corrected chi connectivity index (χ0v) is 11.7. The van der Waals surface area contributed by atoms with Crippen LogP contribution in [0.15, 0.2) is 22.7 Å². The molecule has 1 aromatic rings. The second-order valence-corrected chi connectivity index (χ2v) is 5.37. The Morgan fingerprint density at radius 1 is 1.53 bits per heavy atom. The van der Waals surface area contributed by atoms with E-state index in [9.17, 15) is 0 Å². The molecule has 1 aliphatic rings. The first-order chi connectivity index (χ1) is 8.20. The molecule has 1 heterocycles. The molecule has 0 bridgehead atoms. The summed E-state index contributed by atoms with van der Waals surface area (Å²) in [5, 5.41) is 0. The van der Waals surface area contributed by atoms with Gasteiger partial charge in [-0.2, -0.15) is 0 Å². The van der Waals surface area contributed by atoms with Gasteiger partial charge in [-0.15, -0.1) is 0 Å². The van der Waals surface area contributed by atoms with Gasteiger partial charge in [0.2, 0.25) is 0 Å². The van der Waals surface area contributed by atoms with Crippen LogP contribution in [0.5, 0.6) is 0 Å². The van der Waals surface area contributed by atoms with Crippen LogP contribution in [0.1, 0.15) is 18.9 Å². The number of ether oxygens (including phenoxy) is 1. The molecular weight excluding hydrogens is 280 g/mol. The molecule has 2 rings (SSSR count). The minimum Gasteiger partial charge on any atom is -0.398 e. The first-order valence-corrected chi connectivity index (χ1v) is 6.85. The van der Waals surface area contributed by atoms with Gasteiger partial charge in [-0.25, -0.2) is 0 Å². The summed E-state index contributed by atoms with van der Waals surface area (Å²) >= 11 is 3.43. The van der Waals surface area contributed by atoms with E-state index in [4.69, 9.17) is 10.5 Å². The Bertz CT molecular complexity index is 384. The van der Waals surface area contributed by atoms with Gasteiger partial charge in [0.25, 0.3) is 0 Å². The number of anilines is 1. The zero-order chi connectivity index (χ0) is 12.3. The fourth-order valence-corrected chi connectivity index (χ4v) is 2.58. The predicted octanol–water partition coefficient (Wildman–Crippen LogP) is 2.64. The van der Waals surface area contributed by atoms with E-state index < -0.39 is 0 Å². The third-order valence-electron chi connectivity index (χ3n) is 3.30. The van der Waals surface area contributed by atoms with Crippen molar-refractivity contribution in [3.63, 3.8) is 0 Å². The van der Waals surface area contributed by atoms with Crippen molar-refractivity contribution in [2.24, 2.45) is 0 Å². The molecule has 1 aromatic carbocycles. The molecule has 0 amide bonds. The van der Waals surface area contributed by atoms with E-state index in [-0.39, 0.29) is 0 Å². The van der Waals surface area contributed by atoms with Gasteiger partial charge >= 0.3 is 0 Å². The van der Waals surface area contributed by atoms with Gasteiger partial charge in [-0.3, -0.25) is 4.90 Å². The van der Waals surface area contributed by atoms with E-state index in [1.54, 1.807) is 0 Å². The SMILES string of the molecule is CCC1COCCN1Cc1ccc(Br)cc1N. The minimum absolute atomic E-state index is 0.520. The molecule has 4 heteroatoms. The highest BCUT2D eigenvalue weighted by molar-refractivity contribution is 9.10. The van der Waals surface area contributed by atoms with Crippen LogP contribution in [0.25, 0.3) is 0 Å². The van der Waals surface area contributed by atoms with Crippen LogP contribution in [0, 0.1) is 0 Å². The second kappa shape index (κ2) is 5.85. The maximum absolute atomic E-state index is 6.04. The van der Waals surface area contributed by atoms with Crippen LogP contribution in [0.4, 0.5) is 5.69 Å². The normalized spacial score (nSPS) is 21.6. The van der Waals surface area contributed by atoms with Gasteiger partial charge in [0.05, 0.1) is 13.2 Å². The number of morpholine rings is 1. The summed E-state index contributed by atoms with van der Waals surface area (Å²) in [7, 11) is 0. The number of hydrogen-bond donors (Lipinski definition) is 1. The van der Waals surface area contributed by atoms with Gasteiger partial charge in [0.1, 0.15) is 0 Å². The highest BCUT2D eigenvalue weighted by Crippen LogP contribution is 2.22. The van der Waals surface area contributed by atoms with Crippen molar-refractivity contribution in [3.8, 4) is 0 Å². The third kappa shape index (κ3) is 3.21. The predicted molar refractivity (Wildman–Crippen MR) is 73.9 cm³/mol. The lowest BCUT2D eigenvalue weighted by atomic mass is 10.1. The smallest absolute Gasteiger partial charge is 0.0622 e. The van der Waals surface area contributed by atoms with Crippen molar-refractivity contribution < 1.29 is 4.74 Å². The fourth-order valence-electron chi connectivity index (χ4n) is 2.20. The quantitative estimate of drug-likeness (QED) is 0.872. The van der Waals surface area contributed by atoms with Crippen LogP contribution in [0.3, 0.4) is 0 Å². The molecule has 3 nitrogen and oxygen atoms in total. The molecule has 2 N–H and O–H groups in total. The molecule has 1 saturated heterocycles.